The highest BCUT2D eigenvalue weighted by molar-refractivity contribution is 5.95. The van der Waals surface area contributed by atoms with Crippen molar-refractivity contribution in [3.8, 4) is 0 Å². The normalized spacial score (nSPS) is 21.0. The van der Waals surface area contributed by atoms with Gasteiger partial charge in [0.25, 0.3) is 5.91 Å². The minimum Gasteiger partial charge on any atom is -0.335 e. The summed E-state index contributed by atoms with van der Waals surface area (Å²) in [5, 5.41) is 7.71. The van der Waals surface area contributed by atoms with E-state index in [-0.39, 0.29) is 5.91 Å². The monoisotopic (exact) mass is 277 g/mol. The lowest BCUT2D eigenvalue weighted by Gasteiger charge is -2.46. The Hall–Kier alpha value is -1.40. The third-order valence-corrected chi connectivity index (χ3v) is 4.29. The van der Waals surface area contributed by atoms with Gasteiger partial charge in [-0.3, -0.25) is 14.4 Å². The SMILES string of the molecule is CCc1nn(C)cc1C(=O)N1CC(N2CCNCC2)C1. The summed E-state index contributed by atoms with van der Waals surface area (Å²) in [6, 6.07) is 0.544. The lowest BCUT2D eigenvalue weighted by atomic mass is 10.0. The van der Waals surface area contributed by atoms with E-state index in [1.165, 1.54) is 0 Å². The van der Waals surface area contributed by atoms with Crippen LogP contribution in [0.5, 0.6) is 0 Å². The summed E-state index contributed by atoms with van der Waals surface area (Å²) in [4.78, 5) is 16.9. The predicted octanol–water partition coefficient (Wildman–Crippen LogP) is -0.288. The number of hydrogen-bond donors (Lipinski definition) is 1. The van der Waals surface area contributed by atoms with E-state index in [9.17, 15) is 4.79 Å². The number of piperazine rings is 1. The fourth-order valence-electron chi connectivity index (χ4n) is 3.04. The maximum absolute atomic E-state index is 12.5. The second-order valence-corrected chi connectivity index (χ2v) is 5.67. The number of carbonyl (C=O) groups excluding carboxylic acids is 1. The van der Waals surface area contributed by atoms with Crippen LogP contribution in [-0.4, -0.2) is 70.8 Å². The molecule has 1 amide bonds. The Kier molecular flexibility index (Phi) is 3.76. The highest BCUT2D eigenvalue weighted by Gasteiger charge is 2.36. The number of amides is 1. The van der Waals surface area contributed by atoms with Crippen molar-refractivity contribution in [2.24, 2.45) is 7.05 Å². The van der Waals surface area contributed by atoms with Gasteiger partial charge >= 0.3 is 0 Å². The molecule has 2 aliphatic rings. The Morgan fingerprint density at radius 2 is 2.10 bits per heavy atom. The Morgan fingerprint density at radius 3 is 2.75 bits per heavy atom. The van der Waals surface area contributed by atoms with Gasteiger partial charge in [-0.2, -0.15) is 5.10 Å². The predicted molar refractivity (Wildman–Crippen MR) is 76.7 cm³/mol. The topological polar surface area (TPSA) is 53.4 Å². The molecule has 1 aromatic heterocycles. The second kappa shape index (κ2) is 5.54. The van der Waals surface area contributed by atoms with Crippen LogP contribution in [-0.2, 0) is 13.5 Å². The van der Waals surface area contributed by atoms with E-state index in [2.05, 4.69) is 15.3 Å². The van der Waals surface area contributed by atoms with Crippen LogP contribution in [0.4, 0.5) is 0 Å². The van der Waals surface area contributed by atoms with Gasteiger partial charge in [-0.15, -0.1) is 0 Å². The number of carbonyl (C=O) groups is 1. The highest BCUT2D eigenvalue weighted by atomic mass is 16.2. The third-order valence-electron chi connectivity index (χ3n) is 4.29. The molecule has 0 unspecified atom stereocenters. The Morgan fingerprint density at radius 1 is 1.40 bits per heavy atom. The van der Waals surface area contributed by atoms with Gasteiger partial charge in [0.1, 0.15) is 0 Å². The number of hydrogen-bond acceptors (Lipinski definition) is 4. The lowest BCUT2D eigenvalue weighted by Crippen LogP contribution is -2.63. The van der Waals surface area contributed by atoms with E-state index in [4.69, 9.17) is 0 Å². The van der Waals surface area contributed by atoms with Gasteiger partial charge < -0.3 is 10.2 Å². The molecule has 0 bridgehead atoms. The first-order chi connectivity index (χ1) is 9.69. The molecular weight excluding hydrogens is 254 g/mol. The molecule has 110 valence electrons. The molecule has 0 saturated carbocycles. The van der Waals surface area contributed by atoms with Gasteiger partial charge in [0.2, 0.25) is 0 Å². The van der Waals surface area contributed by atoms with Crippen molar-refractivity contribution in [3.63, 3.8) is 0 Å². The summed E-state index contributed by atoms with van der Waals surface area (Å²) < 4.78 is 1.74. The number of rotatable bonds is 3. The third kappa shape index (κ3) is 2.45. The van der Waals surface area contributed by atoms with E-state index in [1.807, 2.05) is 25.1 Å². The van der Waals surface area contributed by atoms with Crippen LogP contribution in [0.2, 0.25) is 0 Å². The molecule has 2 saturated heterocycles. The molecule has 20 heavy (non-hydrogen) atoms. The van der Waals surface area contributed by atoms with E-state index < -0.39 is 0 Å². The van der Waals surface area contributed by atoms with Crippen molar-refractivity contribution in [1.82, 2.24) is 24.9 Å². The number of nitrogens with one attached hydrogen (secondary N) is 1. The standard InChI is InChI=1S/C14H23N5O/c1-3-13-12(10-17(2)16-13)14(20)19-8-11(9-19)18-6-4-15-5-7-18/h10-11,15H,3-9H2,1-2H3. The lowest BCUT2D eigenvalue weighted by molar-refractivity contribution is 0.0226. The van der Waals surface area contributed by atoms with Crippen LogP contribution in [0.25, 0.3) is 0 Å². The molecule has 6 heteroatoms. The van der Waals surface area contributed by atoms with Crippen molar-refractivity contribution < 1.29 is 4.79 Å². The molecule has 0 spiro atoms. The molecule has 0 aromatic carbocycles. The molecule has 0 aliphatic carbocycles. The van der Waals surface area contributed by atoms with Crippen LogP contribution in [0.1, 0.15) is 23.0 Å². The summed E-state index contributed by atoms with van der Waals surface area (Å²) in [6.45, 7) is 8.08. The quantitative estimate of drug-likeness (QED) is 0.825. The van der Waals surface area contributed by atoms with Crippen LogP contribution in [0.15, 0.2) is 6.20 Å². The summed E-state index contributed by atoms with van der Waals surface area (Å²) in [6.07, 6.45) is 2.65. The smallest absolute Gasteiger partial charge is 0.257 e. The Balaban J connectivity index is 1.60. The van der Waals surface area contributed by atoms with E-state index in [0.717, 1.165) is 56.9 Å². The molecule has 1 aromatic rings. The zero-order valence-electron chi connectivity index (χ0n) is 12.3. The molecule has 2 fully saturated rings. The van der Waals surface area contributed by atoms with Crippen molar-refractivity contribution in [2.75, 3.05) is 39.3 Å². The van der Waals surface area contributed by atoms with Gasteiger partial charge in [0.05, 0.1) is 11.3 Å². The zero-order chi connectivity index (χ0) is 14.1. The fraction of sp³-hybridized carbons (Fsp3) is 0.714. The number of aromatic nitrogens is 2. The average Bonchev–Trinajstić information content (AvgIpc) is 2.79. The minimum absolute atomic E-state index is 0.140. The number of aryl methyl sites for hydroxylation is 2. The zero-order valence-corrected chi connectivity index (χ0v) is 12.3. The van der Waals surface area contributed by atoms with Gasteiger partial charge in [-0.25, -0.2) is 0 Å². The molecule has 0 radical (unpaired) electrons. The van der Waals surface area contributed by atoms with Gasteiger partial charge in [0, 0.05) is 58.6 Å². The first kappa shape index (κ1) is 13.6. The highest BCUT2D eigenvalue weighted by Crippen LogP contribution is 2.20. The molecular formula is C14H23N5O. The fourth-order valence-corrected chi connectivity index (χ4v) is 3.04. The van der Waals surface area contributed by atoms with Crippen molar-refractivity contribution in [2.45, 2.75) is 19.4 Å². The summed E-state index contributed by atoms with van der Waals surface area (Å²) in [5.41, 5.74) is 1.68. The van der Waals surface area contributed by atoms with Crippen LogP contribution < -0.4 is 5.32 Å². The van der Waals surface area contributed by atoms with E-state index >= 15 is 0 Å². The van der Waals surface area contributed by atoms with E-state index in [1.54, 1.807) is 4.68 Å². The largest absolute Gasteiger partial charge is 0.335 e. The Bertz CT molecular complexity index is 486. The molecule has 3 heterocycles. The van der Waals surface area contributed by atoms with Crippen molar-refractivity contribution in [3.05, 3.63) is 17.5 Å². The van der Waals surface area contributed by atoms with Gasteiger partial charge in [-0.05, 0) is 6.42 Å². The van der Waals surface area contributed by atoms with Crippen molar-refractivity contribution >= 4 is 5.91 Å². The summed E-state index contributed by atoms with van der Waals surface area (Å²) >= 11 is 0. The first-order valence-corrected chi connectivity index (χ1v) is 7.45. The maximum Gasteiger partial charge on any atom is 0.257 e. The molecule has 3 rings (SSSR count). The van der Waals surface area contributed by atoms with Crippen molar-refractivity contribution in [1.29, 1.82) is 0 Å². The van der Waals surface area contributed by atoms with Crippen LogP contribution in [0.3, 0.4) is 0 Å². The second-order valence-electron chi connectivity index (χ2n) is 5.67. The number of nitrogens with zero attached hydrogens (tertiary/aromatic N) is 4. The molecule has 0 atom stereocenters. The van der Waals surface area contributed by atoms with Gasteiger partial charge in [0.15, 0.2) is 0 Å². The Labute approximate surface area is 119 Å². The summed E-state index contributed by atoms with van der Waals surface area (Å²) in [7, 11) is 1.87. The van der Waals surface area contributed by atoms with E-state index in [0.29, 0.717) is 6.04 Å². The summed E-state index contributed by atoms with van der Waals surface area (Å²) in [5.74, 6) is 0.140. The maximum atomic E-state index is 12.5. The van der Waals surface area contributed by atoms with Crippen LogP contribution in [0, 0.1) is 0 Å². The number of likely N-dealkylation sites (tertiary alicyclic amines) is 1. The minimum atomic E-state index is 0.140. The van der Waals surface area contributed by atoms with Gasteiger partial charge in [-0.1, -0.05) is 6.92 Å². The molecule has 1 N–H and O–H groups in total. The molecule has 6 nitrogen and oxygen atoms in total. The first-order valence-electron chi connectivity index (χ1n) is 7.45. The molecule has 2 aliphatic heterocycles. The average molecular weight is 277 g/mol. The van der Waals surface area contributed by atoms with Crippen LogP contribution >= 0.6 is 0 Å².